The zero-order chi connectivity index (χ0) is 10.7. The van der Waals surface area contributed by atoms with Gasteiger partial charge in [0.05, 0.1) is 3.57 Å². The highest BCUT2D eigenvalue weighted by Gasteiger charge is 2.17. The minimum absolute atomic E-state index is 1.10. The van der Waals surface area contributed by atoms with Crippen molar-refractivity contribution < 1.29 is 0 Å². The van der Waals surface area contributed by atoms with Crippen molar-refractivity contribution in [3.05, 3.63) is 21.9 Å². The molecule has 0 unspecified atom stereocenters. The first-order valence-corrected chi connectivity index (χ1v) is 6.47. The number of aromatic nitrogens is 1. The topological polar surface area (TPSA) is 19.4 Å². The molecule has 15 heavy (non-hydrogen) atoms. The Bertz CT molecular complexity index is 321. The fraction of sp³-hybridized carbons (Fsp3) is 0.545. The van der Waals surface area contributed by atoms with E-state index in [1.165, 1.54) is 3.57 Å². The van der Waals surface area contributed by atoms with Crippen LogP contribution >= 0.6 is 22.6 Å². The van der Waals surface area contributed by atoms with Crippen LogP contribution in [0, 0.1) is 3.57 Å². The van der Waals surface area contributed by atoms with Gasteiger partial charge in [-0.25, -0.2) is 4.98 Å². The summed E-state index contributed by atoms with van der Waals surface area (Å²) in [6.45, 7) is 7.89. The number of hydrogen-bond acceptors (Lipinski definition) is 3. The molecule has 2 rings (SSSR count). The summed E-state index contributed by atoms with van der Waals surface area (Å²) < 4.78 is 1.25. The minimum atomic E-state index is 1.10. The Labute approximate surface area is 105 Å². The fourth-order valence-corrected chi connectivity index (χ4v) is 2.57. The van der Waals surface area contributed by atoms with E-state index in [4.69, 9.17) is 0 Å². The first-order valence-electron chi connectivity index (χ1n) is 5.39. The summed E-state index contributed by atoms with van der Waals surface area (Å²) >= 11 is 2.36. The molecule has 0 amide bonds. The van der Waals surface area contributed by atoms with Crippen LogP contribution in [0.15, 0.2) is 18.3 Å². The molecule has 82 valence electrons. The number of nitrogens with zero attached hydrogens (tertiary/aromatic N) is 3. The van der Waals surface area contributed by atoms with Crippen molar-refractivity contribution in [1.82, 2.24) is 9.88 Å². The van der Waals surface area contributed by atoms with Crippen LogP contribution in [0.4, 0.5) is 5.82 Å². The molecule has 4 heteroatoms. The Morgan fingerprint density at radius 1 is 1.33 bits per heavy atom. The predicted octanol–water partition coefficient (Wildman–Crippen LogP) is 1.83. The molecular weight excluding hydrogens is 301 g/mol. The summed E-state index contributed by atoms with van der Waals surface area (Å²) in [5.74, 6) is 1.15. The molecule has 3 nitrogen and oxygen atoms in total. The summed E-state index contributed by atoms with van der Waals surface area (Å²) in [7, 11) is 0. The lowest BCUT2D eigenvalue weighted by molar-refractivity contribution is 0.270. The normalized spacial score (nSPS) is 18.1. The van der Waals surface area contributed by atoms with Crippen LogP contribution in [0.25, 0.3) is 0 Å². The molecule has 0 bridgehead atoms. The maximum atomic E-state index is 4.45. The Hall–Kier alpha value is -0.360. The monoisotopic (exact) mass is 317 g/mol. The summed E-state index contributed by atoms with van der Waals surface area (Å²) in [5.41, 5.74) is 0. The van der Waals surface area contributed by atoms with Crippen LogP contribution in [0.2, 0.25) is 0 Å². The zero-order valence-electron chi connectivity index (χ0n) is 8.99. The van der Waals surface area contributed by atoms with E-state index in [0.717, 1.165) is 38.5 Å². The third-order valence-corrected chi connectivity index (χ3v) is 3.70. The van der Waals surface area contributed by atoms with Crippen LogP contribution in [0.3, 0.4) is 0 Å². The van der Waals surface area contributed by atoms with E-state index in [1.807, 2.05) is 12.3 Å². The lowest BCUT2D eigenvalue weighted by Gasteiger charge is -2.35. The molecule has 0 aromatic carbocycles. The maximum absolute atomic E-state index is 4.45. The van der Waals surface area contributed by atoms with Crippen molar-refractivity contribution in [3.8, 4) is 0 Å². The number of likely N-dealkylation sites (N-methyl/N-ethyl adjacent to an activating group) is 1. The standard InChI is InChI=1S/C11H16IN3/c1-2-14-6-8-15(9-7-14)11-10(12)4-3-5-13-11/h3-5H,2,6-9H2,1H3. The third-order valence-electron chi connectivity index (χ3n) is 2.86. The molecule has 0 saturated carbocycles. The quantitative estimate of drug-likeness (QED) is 0.776. The van der Waals surface area contributed by atoms with Gasteiger partial charge in [-0.15, -0.1) is 0 Å². The second kappa shape index (κ2) is 5.12. The molecule has 1 aliphatic heterocycles. The van der Waals surface area contributed by atoms with Crippen LogP contribution in [0.1, 0.15) is 6.92 Å². The summed E-state index contributed by atoms with van der Waals surface area (Å²) in [6.07, 6.45) is 1.88. The molecule has 1 saturated heterocycles. The molecule has 1 fully saturated rings. The number of hydrogen-bond donors (Lipinski definition) is 0. The molecule has 0 aliphatic carbocycles. The lowest BCUT2D eigenvalue weighted by atomic mass is 10.3. The van der Waals surface area contributed by atoms with Crippen molar-refractivity contribution >= 4 is 28.4 Å². The molecule has 0 atom stereocenters. The highest BCUT2D eigenvalue weighted by atomic mass is 127. The van der Waals surface area contributed by atoms with E-state index < -0.39 is 0 Å². The van der Waals surface area contributed by atoms with Crippen LogP contribution in [0.5, 0.6) is 0 Å². The molecule has 2 heterocycles. The number of rotatable bonds is 2. The number of piperazine rings is 1. The van der Waals surface area contributed by atoms with Crippen molar-refractivity contribution in [2.75, 3.05) is 37.6 Å². The van der Waals surface area contributed by atoms with Crippen molar-refractivity contribution in [1.29, 1.82) is 0 Å². The first-order chi connectivity index (χ1) is 7.31. The molecule has 1 aromatic rings. The Morgan fingerprint density at radius 3 is 2.67 bits per heavy atom. The highest BCUT2D eigenvalue weighted by Crippen LogP contribution is 2.20. The SMILES string of the molecule is CCN1CCN(c2ncccc2I)CC1. The molecule has 0 N–H and O–H groups in total. The van der Waals surface area contributed by atoms with Crippen molar-refractivity contribution in [2.24, 2.45) is 0 Å². The third kappa shape index (κ3) is 2.60. The van der Waals surface area contributed by atoms with Gasteiger partial charge in [0.15, 0.2) is 0 Å². The molecular formula is C11H16IN3. The van der Waals surface area contributed by atoms with Crippen molar-refractivity contribution in [2.45, 2.75) is 6.92 Å². The van der Waals surface area contributed by atoms with Crippen LogP contribution in [-0.4, -0.2) is 42.6 Å². The van der Waals surface area contributed by atoms with Gasteiger partial charge in [0.2, 0.25) is 0 Å². The molecule has 1 aromatic heterocycles. The van der Waals surface area contributed by atoms with Gasteiger partial charge in [-0.2, -0.15) is 0 Å². The fourth-order valence-electron chi connectivity index (χ4n) is 1.89. The van der Waals surface area contributed by atoms with E-state index in [0.29, 0.717) is 0 Å². The Kier molecular flexibility index (Phi) is 3.80. The number of halogens is 1. The number of pyridine rings is 1. The second-order valence-electron chi connectivity index (χ2n) is 3.73. The predicted molar refractivity (Wildman–Crippen MR) is 71.3 cm³/mol. The largest absolute Gasteiger partial charge is 0.353 e. The first kappa shape index (κ1) is 11.1. The van der Waals surface area contributed by atoms with E-state index in [-0.39, 0.29) is 0 Å². The minimum Gasteiger partial charge on any atom is -0.353 e. The van der Waals surface area contributed by atoms with E-state index in [1.54, 1.807) is 0 Å². The average Bonchev–Trinajstić information content (AvgIpc) is 2.30. The Balaban J connectivity index is 2.04. The molecule has 0 spiro atoms. The van der Waals surface area contributed by atoms with Crippen LogP contribution in [-0.2, 0) is 0 Å². The van der Waals surface area contributed by atoms with Gasteiger partial charge >= 0.3 is 0 Å². The zero-order valence-corrected chi connectivity index (χ0v) is 11.1. The molecule has 0 radical (unpaired) electrons. The van der Waals surface area contributed by atoms with Gasteiger partial charge in [0.1, 0.15) is 5.82 Å². The van der Waals surface area contributed by atoms with Gasteiger partial charge in [-0.3, -0.25) is 0 Å². The van der Waals surface area contributed by atoms with Gasteiger partial charge in [-0.1, -0.05) is 6.92 Å². The highest BCUT2D eigenvalue weighted by molar-refractivity contribution is 14.1. The van der Waals surface area contributed by atoms with Gasteiger partial charge in [-0.05, 0) is 41.3 Å². The van der Waals surface area contributed by atoms with E-state index in [9.17, 15) is 0 Å². The van der Waals surface area contributed by atoms with Gasteiger partial charge in [0, 0.05) is 32.4 Å². The summed E-state index contributed by atoms with van der Waals surface area (Å²) in [5, 5.41) is 0. The van der Waals surface area contributed by atoms with Gasteiger partial charge in [0.25, 0.3) is 0 Å². The smallest absolute Gasteiger partial charge is 0.142 e. The Morgan fingerprint density at radius 2 is 2.07 bits per heavy atom. The maximum Gasteiger partial charge on any atom is 0.142 e. The number of anilines is 1. The van der Waals surface area contributed by atoms with E-state index in [2.05, 4.69) is 50.4 Å². The summed E-state index contributed by atoms with van der Waals surface area (Å²) in [4.78, 5) is 9.31. The van der Waals surface area contributed by atoms with Gasteiger partial charge < -0.3 is 9.80 Å². The van der Waals surface area contributed by atoms with E-state index >= 15 is 0 Å². The molecule has 1 aliphatic rings. The van der Waals surface area contributed by atoms with Crippen LogP contribution < -0.4 is 4.90 Å². The van der Waals surface area contributed by atoms with Crippen molar-refractivity contribution in [3.63, 3.8) is 0 Å². The lowest BCUT2D eigenvalue weighted by Crippen LogP contribution is -2.46. The summed E-state index contributed by atoms with van der Waals surface area (Å²) in [6, 6.07) is 4.11. The average molecular weight is 317 g/mol. The second-order valence-corrected chi connectivity index (χ2v) is 4.89.